The number of ether oxygens (including phenoxy) is 1. The first-order valence-corrected chi connectivity index (χ1v) is 10.3. The maximum atomic E-state index is 12.8. The maximum Gasteiger partial charge on any atom is 0.279 e. The summed E-state index contributed by atoms with van der Waals surface area (Å²) < 4.78 is 8.61. The van der Waals surface area contributed by atoms with E-state index in [1.165, 1.54) is 11.3 Å². The van der Waals surface area contributed by atoms with Crippen LogP contribution < -0.4 is 9.70 Å². The van der Waals surface area contributed by atoms with Gasteiger partial charge >= 0.3 is 0 Å². The molecule has 3 aromatic rings. The molecule has 28 heavy (non-hydrogen) atoms. The normalized spacial score (nSPS) is 12.0. The highest BCUT2D eigenvalue weighted by Gasteiger charge is 2.13. The molecule has 0 saturated carbocycles. The Bertz CT molecular complexity index is 1050. The minimum Gasteiger partial charge on any atom is -0.380 e. The number of thiazole rings is 1. The van der Waals surface area contributed by atoms with Crippen LogP contribution >= 0.6 is 22.9 Å². The molecule has 0 spiro atoms. The van der Waals surface area contributed by atoms with E-state index in [9.17, 15) is 4.79 Å². The fourth-order valence-corrected chi connectivity index (χ4v) is 4.23. The van der Waals surface area contributed by atoms with Crippen LogP contribution in [0.1, 0.15) is 22.8 Å². The van der Waals surface area contributed by atoms with Gasteiger partial charge in [0.1, 0.15) is 0 Å². The number of amides is 1. The molecule has 5 nitrogen and oxygen atoms in total. The number of anilines is 1. The molecule has 0 N–H and O–H groups in total. The first kappa shape index (κ1) is 20.6. The molecule has 3 rings (SSSR count). The van der Waals surface area contributed by atoms with Crippen LogP contribution in [0.25, 0.3) is 10.2 Å². The van der Waals surface area contributed by atoms with E-state index >= 15 is 0 Å². The van der Waals surface area contributed by atoms with Gasteiger partial charge in [0, 0.05) is 43.5 Å². The van der Waals surface area contributed by atoms with Crippen LogP contribution in [0.2, 0.25) is 5.02 Å². The van der Waals surface area contributed by atoms with Crippen molar-refractivity contribution in [1.29, 1.82) is 0 Å². The van der Waals surface area contributed by atoms with Crippen molar-refractivity contribution in [2.75, 3.05) is 32.2 Å². The number of aromatic nitrogens is 1. The Labute approximate surface area is 173 Å². The van der Waals surface area contributed by atoms with Gasteiger partial charge in [0.05, 0.1) is 16.8 Å². The zero-order valence-corrected chi connectivity index (χ0v) is 18.1. The summed E-state index contributed by atoms with van der Waals surface area (Å²) in [5.41, 5.74) is 3.59. The Morgan fingerprint density at radius 1 is 1.21 bits per heavy atom. The average Bonchev–Trinajstić information content (AvgIpc) is 3.03. The SMILES string of the molecule is CCOCCn1c(=NC(=O)c2ccc(N(C)C)cc2)sc2ccc(Cl)c(C)c21. The molecule has 0 fully saturated rings. The molecule has 0 radical (unpaired) electrons. The van der Waals surface area contributed by atoms with Gasteiger partial charge in [-0.3, -0.25) is 4.79 Å². The summed E-state index contributed by atoms with van der Waals surface area (Å²) in [4.78, 5) is 19.8. The van der Waals surface area contributed by atoms with E-state index in [1.54, 1.807) is 12.1 Å². The Morgan fingerprint density at radius 3 is 2.57 bits per heavy atom. The van der Waals surface area contributed by atoms with Crippen molar-refractivity contribution in [2.24, 2.45) is 4.99 Å². The molecule has 148 valence electrons. The van der Waals surface area contributed by atoms with Crippen molar-refractivity contribution in [1.82, 2.24) is 4.57 Å². The van der Waals surface area contributed by atoms with Crippen molar-refractivity contribution < 1.29 is 9.53 Å². The van der Waals surface area contributed by atoms with Crippen molar-refractivity contribution in [3.8, 4) is 0 Å². The molecule has 1 aromatic heterocycles. The van der Waals surface area contributed by atoms with E-state index in [0.717, 1.165) is 21.5 Å². The van der Waals surface area contributed by atoms with Crippen molar-refractivity contribution in [3.05, 3.63) is 57.3 Å². The predicted molar refractivity (Wildman–Crippen MR) is 117 cm³/mol. The lowest BCUT2D eigenvalue weighted by molar-refractivity contribution is 0.0996. The second kappa shape index (κ2) is 8.90. The van der Waals surface area contributed by atoms with E-state index in [-0.39, 0.29) is 5.91 Å². The van der Waals surface area contributed by atoms with Gasteiger partial charge in [-0.15, -0.1) is 0 Å². The van der Waals surface area contributed by atoms with Crippen LogP contribution in [0.4, 0.5) is 5.69 Å². The van der Waals surface area contributed by atoms with Crippen LogP contribution in [0.15, 0.2) is 41.4 Å². The van der Waals surface area contributed by atoms with E-state index in [4.69, 9.17) is 16.3 Å². The lowest BCUT2D eigenvalue weighted by Crippen LogP contribution is -2.20. The topological polar surface area (TPSA) is 46.8 Å². The number of aryl methyl sites for hydroxylation is 1. The molecule has 0 bridgehead atoms. The first-order valence-electron chi connectivity index (χ1n) is 9.15. The number of fused-ring (bicyclic) bond motifs is 1. The minimum atomic E-state index is -0.259. The van der Waals surface area contributed by atoms with Gasteiger partial charge < -0.3 is 14.2 Å². The van der Waals surface area contributed by atoms with Crippen molar-refractivity contribution in [3.63, 3.8) is 0 Å². The molecule has 0 aliphatic carbocycles. The van der Waals surface area contributed by atoms with Gasteiger partial charge in [-0.25, -0.2) is 0 Å². The van der Waals surface area contributed by atoms with Gasteiger partial charge in [-0.05, 0) is 55.8 Å². The summed E-state index contributed by atoms with van der Waals surface area (Å²) in [6.45, 7) is 5.75. The predicted octanol–water partition coefficient (Wildman–Crippen LogP) is 4.51. The van der Waals surface area contributed by atoms with E-state index < -0.39 is 0 Å². The van der Waals surface area contributed by atoms with Gasteiger partial charge in [-0.1, -0.05) is 22.9 Å². The molecule has 0 saturated heterocycles. The standard InChI is InChI=1S/C21H24ClN3O2S/c1-5-27-13-12-25-19-14(2)17(22)10-11-18(19)28-21(25)23-20(26)15-6-8-16(9-7-15)24(3)4/h6-11H,5,12-13H2,1-4H3. The van der Waals surface area contributed by atoms with Crippen LogP contribution in [0, 0.1) is 6.92 Å². The summed E-state index contributed by atoms with van der Waals surface area (Å²) in [6, 6.07) is 11.3. The van der Waals surface area contributed by atoms with Crippen LogP contribution in [-0.4, -0.2) is 37.8 Å². The van der Waals surface area contributed by atoms with Gasteiger partial charge in [0.2, 0.25) is 0 Å². The number of nitrogens with zero attached hydrogens (tertiary/aromatic N) is 3. The summed E-state index contributed by atoms with van der Waals surface area (Å²) in [5, 5.41) is 0.701. The molecule has 7 heteroatoms. The van der Waals surface area contributed by atoms with Gasteiger partial charge in [0.25, 0.3) is 5.91 Å². The third-order valence-corrected chi connectivity index (χ3v) is 5.97. The number of halogens is 1. The maximum absolute atomic E-state index is 12.8. The quantitative estimate of drug-likeness (QED) is 0.554. The van der Waals surface area contributed by atoms with Gasteiger partial charge in [0.15, 0.2) is 4.80 Å². The number of rotatable bonds is 6. The second-order valence-electron chi connectivity index (χ2n) is 6.61. The smallest absolute Gasteiger partial charge is 0.279 e. The van der Waals surface area contributed by atoms with Crippen LogP contribution in [0.3, 0.4) is 0 Å². The highest BCUT2D eigenvalue weighted by Crippen LogP contribution is 2.27. The number of hydrogen-bond donors (Lipinski definition) is 0. The Balaban J connectivity index is 2.06. The summed E-state index contributed by atoms with van der Waals surface area (Å²) in [7, 11) is 3.93. The number of benzene rings is 2. The lowest BCUT2D eigenvalue weighted by Gasteiger charge is -2.11. The van der Waals surface area contributed by atoms with E-state index in [1.807, 2.05) is 61.7 Å². The summed E-state index contributed by atoms with van der Waals surface area (Å²) in [6.07, 6.45) is 0. The fourth-order valence-electron chi connectivity index (χ4n) is 2.96. The molecule has 0 aliphatic rings. The molecule has 1 amide bonds. The van der Waals surface area contributed by atoms with Crippen LogP contribution in [0.5, 0.6) is 0 Å². The Morgan fingerprint density at radius 2 is 1.93 bits per heavy atom. The molecular formula is C21H24ClN3O2S. The third kappa shape index (κ3) is 4.29. The van der Waals surface area contributed by atoms with Gasteiger partial charge in [-0.2, -0.15) is 4.99 Å². The second-order valence-corrected chi connectivity index (χ2v) is 8.03. The molecule has 0 atom stereocenters. The molecule has 0 aliphatic heterocycles. The number of carbonyl (C=O) groups is 1. The van der Waals surface area contributed by atoms with E-state index in [2.05, 4.69) is 4.99 Å². The highest BCUT2D eigenvalue weighted by molar-refractivity contribution is 7.16. The van der Waals surface area contributed by atoms with E-state index in [0.29, 0.717) is 35.1 Å². The Hall–Kier alpha value is -2.15. The van der Waals surface area contributed by atoms with Crippen molar-refractivity contribution in [2.45, 2.75) is 20.4 Å². The third-order valence-electron chi connectivity index (χ3n) is 4.52. The fraction of sp³-hybridized carbons (Fsp3) is 0.333. The molecule has 0 unspecified atom stereocenters. The lowest BCUT2D eigenvalue weighted by atomic mass is 10.2. The first-order chi connectivity index (χ1) is 13.4. The Kier molecular flexibility index (Phi) is 6.54. The highest BCUT2D eigenvalue weighted by atomic mass is 35.5. The monoisotopic (exact) mass is 417 g/mol. The molecular weight excluding hydrogens is 394 g/mol. The summed E-state index contributed by atoms with van der Waals surface area (Å²) in [5.74, 6) is -0.259. The number of hydrogen-bond acceptors (Lipinski definition) is 4. The van der Waals surface area contributed by atoms with Crippen LogP contribution in [-0.2, 0) is 11.3 Å². The summed E-state index contributed by atoms with van der Waals surface area (Å²) >= 11 is 7.82. The molecule has 1 heterocycles. The largest absolute Gasteiger partial charge is 0.380 e. The average molecular weight is 418 g/mol. The number of carbonyl (C=O) groups excluding carboxylic acids is 1. The van der Waals surface area contributed by atoms with Crippen molar-refractivity contribution >= 4 is 44.7 Å². The minimum absolute atomic E-state index is 0.259. The molecule has 2 aromatic carbocycles. The zero-order chi connectivity index (χ0) is 20.3. The zero-order valence-electron chi connectivity index (χ0n) is 16.5.